The summed E-state index contributed by atoms with van der Waals surface area (Å²) in [5.74, 6) is 0.374. The van der Waals surface area contributed by atoms with Gasteiger partial charge in [0.05, 0.1) is 13.7 Å². The smallest absolute Gasteiger partial charge is 0.319 e. The van der Waals surface area contributed by atoms with E-state index in [1.807, 2.05) is 0 Å². The zero-order valence-electron chi connectivity index (χ0n) is 8.03. The first-order valence-electron chi connectivity index (χ1n) is 4.66. The second-order valence-corrected chi connectivity index (χ2v) is 3.48. The number of hydrogen-bond acceptors (Lipinski definition) is 4. The van der Waals surface area contributed by atoms with Gasteiger partial charge in [0.2, 0.25) is 0 Å². The average Bonchev–Trinajstić information content (AvgIpc) is 2.53. The first kappa shape index (κ1) is 10.5. The summed E-state index contributed by atoms with van der Waals surface area (Å²) in [6, 6.07) is 0. The molecule has 0 spiro atoms. The molecule has 4 nitrogen and oxygen atoms in total. The van der Waals surface area contributed by atoms with Gasteiger partial charge < -0.3 is 9.84 Å². The minimum Gasteiger partial charge on any atom is -0.468 e. The lowest BCUT2D eigenvalue weighted by Gasteiger charge is -2.13. The number of likely N-dealkylation sites (tertiary alicyclic amines) is 1. The van der Waals surface area contributed by atoms with Crippen molar-refractivity contribution in [1.82, 2.24) is 4.90 Å². The summed E-state index contributed by atoms with van der Waals surface area (Å²) in [4.78, 5) is 13.0. The molecule has 1 aliphatic rings. The highest BCUT2D eigenvalue weighted by molar-refractivity contribution is 5.71. The van der Waals surface area contributed by atoms with E-state index in [4.69, 9.17) is 5.11 Å². The summed E-state index contributed by atoms with van der Waals surface area (Å²) in [5, 5.41) is 8.73. The van der Waals surface area contributed by atoms with Crippen LogP contribution in [-0.4, -0.2) is 49.3 Å². The van der Waals surface area contributed by atoms with Gasteiger partial charge in [0.25, 0.3) is 0 Å². The third-order valence-electron chi connectivity index (χ3n) is 2.49. The van der Waals surface area contributed by atoms with Crippen LogP contribution in [0.4, 0.5) is 0 Å². The van der Waals surface area contributed by atoms with E-state index in [2.05, 4.69) is 9.64 Å². The van der Waals surface area contributed by atoms with Crippen molar-refractivity contribution in [3.05, 3.63) is 0 Å². The van der Waals surface area contributed by atoms with Crippen molar-refractivity contribution in [1.29, 1.82) is 0 Å². The number of methoxy groups -OCH3 is 1. The molecule has 0 aromatic rings. The molecule has 1 atom stereocenters. The molecule has 0 aromatic heterocycles. The molecule has 76 valence electrons. The third-order valence-corrected chi connectivity index (χ3v) is 2.49. The predicted octanol–water partition coefficient (Wildman–Crippen LogP) is -0.136. The molecule has 1 saturated heterocycles. The van der Waals surface area contributed by atoms with Crippen molar-refractivity contribution in [2.45, 2.75) is 12.8 Å². The van der Waals surface area contributed by atoms with E-state index in [1.54, 1.807) is 0 Å². The number of nitrogens with zero attached hydrogens (tertiary/aromatic N) is 1. The quantitative estimate of drug-likeness (QED) is 0.623. The third kappa shape index (κ3) is 3.32. The van der Waals surface area contributed by atoms with E-state index in [0.29, 0.717) is 12.5 Å². The Morgan fingerprint density at radius 3 is 3.08 bits per heavy atom. The number of hydrogen-bond donors (Lipinski definition) is 1. The van der Waals surface area contributed by atoms with Gasteiger partial charge >= 0.3 is 5.97 Å². The molecule has 0 aromatic carbocycles. The van der Waals surface area contributed by atoms with Crippen LogP contribution in [-0.2, 0) is 9.53 Å². The van der Waals surface area contributed by atoms with E-state index in [0.717, 1.165) is 25.9 Å². The monoisotopic (exact) mass is 187 g/mol. The number of carbonyl (C=O) groups is 1. The zero-order chi connectivity index (χ0) is 9.68. The van der Waals surface area contributed by atoms with Gasteiger partial charge in [-0.2, -0.15) is 0 Å². The van der Waals surface area contributed by atoms with Gasteiger partial charge in [-0.15, -0.1) is 0 Å². The minimum atomic E-state index is -0.176. The standard InChI is InChI=1S/C9H17NO3/c1-13-9(12)7-10-4-2-8(6-10)3-5-11/h8,11H,2-7H2,1H3. The molecular weight excluding hydrogens is 170 g/mol. The largest absolute Gasteiger partial charge is 0.468 e. The van der Waals surface area contributed by atoms with Crippen LogP contribution in [0, 0.1) is 5.92 Å². The molecule has 1 unspecified atom stereocenters. The van der Waals surface area contributed by atoms with Crippen molar-refractivity contribution < 1.29 is 14.6 Å². The van der Waals surface area contributed by atoms with Gasteiger partial charge in [0.1, 0.15) is 0 Å². The van der Waals surface area contributed by atoms with Crippen molar-refractivity contribution in [3.8, 4) is 0 Å². The Morgan fingerprint density at radius 2 is 2.46 bits per heavy atom. The summed E-state index contributed by atoms with van der Waals surface area (Å²) in [5.41, 5.74) is 0. The van der Waals surface area contributed by atoms with Crippen LogP contribution >= 0.6 is 0 Å². The van der Waals surface area contributed by atoms with Gasteiger partial charge in [0.15, 0.2) is 0 Å². The molecule has 1 N–H and O–H groups in total. The highest BCUT2D eigenvalue weighted by Crippen LogP contribution is 2.18. The number of aliphatic hydroxyl groups is 1. The summed E-state index contributed by atoms with van der Waals surface area (Å²) < 4.78 is 4.58. The highest BCUT2D eigenvalue weighted by Gasteiger charge is 2.23. The molecular formula is C9H17NO3. The Bertz CT molecular complexity index is 172. The van der Waals surface area contributed by atoms with Crippen LogP contribution in [0.3, 0.4) is 0 Å². The molecule has 1 rings (SSSR count). The molecule has 0 aliphatic carbocycles. The Hall–Kier alpha value is -0.610. The number of ether oxygens (including phenoxy) is 1. The Kier molecular flexibility index (Phi) is 4.18. The first-order chi connectivity index (χ1) is 6.26. The number of esters is 1. The summed E-state index contributed by atoms with van der Waals surface area (Å²) in [6.45, 7) is 2.49. The van der Waals surface area contributed by atoms with E-state index in [-0.39, 0.29) is 12.6 Å². The first-order valence-corrected chi connectivity index (χ1v) is 4.66. The number of carbonyl (C=O) groups excluding carboxylic acids is 1. The molecule has 0 amide bonds. The molecule has 0 bridgehead atoms. The molecule has 1 aliphatic heterocycles. The van der Waals surface area contributed by atoms with Gasteiger partial charge in [-0.05, 0) is 25.3 Å². The number of aliphatic hydroxyl groups excluding tert-OH is 1. The zero-order valence-corrected chi connectivity index (χ0v) is 8.03. The maximum Gasteiger partial charge on any atom is 0.319 e. The SMILES string of the molecule is COC(=O)CN1CCC(CCO)C1. The van der Waals surface area contributed by atoms with E-state index < -0.39 is 0 Å². The Labute approximate surface area is 78.5 Å². The lowest BCUT2D eigenvalue weighted by atomic mass is 10.1. The van der Waals surface area contributed by atoms with Crippen LogP contribution in [0.1, 0.15) is 12.8 Å². The van der Waals surface area contributed by atoms with E-state index in [9.17, 15) is 4.79 Å². The fraction of sp³-hybridized carbons (Fsp3) is 0.889. The molecule has 0 saturated carbocycles. The Morgan fingerprint density at radius 1 is 1.69 bits per heavy atom. The van der Waals surface area contributed by atoms with Crippen LogP contribution in [0.25, 0.3) is 0 Å². The van der Waals surface area contributed by atoms with Crippen molar-refractivity contribution in [2.24, 2.45) is 5.92 Å². The maximum absolute atomic E-state index is 10.9. The minimum absolute atomic E-state index is 0.176. The summed E-state index contributed by atoms with van der Waals surface area (Å²) in [7, 11) is 1.41. The van der Waals surface area contributed by atoms with Gasteiger partial charge in [-0.3, -0.25) is 9.69 Å². The fourth-order valence-electron chi connectivity index (χ4n) is 1.72. The van der Waals surface area contributed by atoms with Gasteiger partial charge in [0, 0.05) is 13.2 Å². The lowest BCUT2D eigenvalue weighted by molar-refractivity contribution is -0.141. The molecule has 0 radical (unpaired) electrons. The Balaban J connectivity index is 2.20. The van der Waals surface area contributed by atoms with Crippen LogP contribution in [0.15, 0.2) is 0 Å². The summed E-state index contributed by atoms with van der Waals surface area (Å²) >= 11 is 0. The second kappa shape index (κ2) is 5.19. The van der Waals surface area contributed by atoms with Crippen molar-refractivity contribution >= 4 is 5.97 Å². The predicted molar refractivity (Wildman–Crippen MR) is 48.3 cm³/mol. The summed E-state index contributed by atoms with van der Waals surface area (Å²) in [6.07, 6.45) is 1.93. The average molecular weight is 187 g/mol. The second-order valence-electron chi connectivity index (χ2n) is 3.48. The number of rotatable bonds is 4. The van der Waals surface area contributed by atoms with Crippen LogP contribution < -0.4 is 0 Å². The highest BCUT2D eigenvalue weighted by atomic mass is 16.5. The molecule has 13 heavy (non-hydrogen) atoms. The normalized spacial score (nSPS) is 23.4. The topological polar surface area (TPSA) is 49.8 Å². The fourth-order valence-corrected chi connectivity index (χ4v) is 1.72. The van der Waals surface area contributed by atoms with Crippen LogP contribution in [0.5, 0.6) is 0 Å². The molecule has 1 fully saturated rings. The van der Waals surface area contributed by atoms with Gasteiger partial charge in [-0.25, -0.2) is 0 Å². The molecule has 4 heteroatoms. The van der Waals surface area contributed by atoms with Crippen molar-refractivity contribution in [2.75, 3.05) is 33.4 Å². The lowest BCUT2D eigenvalue weighted by Crippen LogP contribution is -2.28. The van der Waals surface area contributed by atoms with Gasteiger partial charge in [-0.1, -0.05) is 0 Å². The van der Waals surface area contributed by atoms with Crippen molar-refractivity contribution in [3.63, 3.8) is 0 Å². The molecule has 1 heterocycles. The van der Waals surface area contributed by atoms with E-state index >= 15 is 0 Å². The van der Waals surface area contributed by atoms with Crippen LogP contribution in [0.2, 0.25) is 0 Å². The maximum atomic E-state index is 10.9. The van der Waals surface area contributed by atoms with E-state index in [1.165, 1.54) is 7.11 Å².